The van der Waals surface area contributed by atoms with E-state index in [9.17, 15) is 14.7 Å². The summed E-state index contributed by atoms with van der Waals surface area (Å²) in [4.78, 5) is 26.2. The van der Waals surface area contributed by atoms with Gasteiger partial charge in [-0.15, -0.1) is 0 Å². The van der Waals surface area contributed by atoms with Gasteiger partial charge >= 0.3 is 0 Å². The molecule has 0 spiro atoms. The first-order chi connectivity index (χ1) is 9.61. The Bertz CT molecular complexity index is 502. The van der Waals surface area contributed by atoms with E-state index in [1.807, 2.05) is 6.08 Å². The molecular formula is C15H18N2O3. The minimum Gasteiger partial charge on any atom is -0.545 e. The normalized spacial score (nSPS) is 15.9. The summed E-state index contributed by atoms with van der Waals surface area (Å²) in [5.41, 5.74) is 0.601. The number of carbonyl (C=O) groups excluding carboxylic acids is 2. The van der Waals surface area contributed by atoms with Gasteiger partial charge in [0.25, 0.3) is 5.91 Å². The van der Waals surface area contributed by atoms with Gasteiger partial charge in [0, 0.05) is 5.56 Å². The fraction of sp³-hybridized carbons (Fsp3) is 0.333. The number of benzene rings is 1. The molecule has 5 heteroatoms. The molecule has 1 fully saturated rings. The fourth-order valence-electron chi connectivity index (χ4n) is 2.37. The average molecular weight is 274 g/mol. The van der Waals surface area contributed by atoms with E-state index in [0.717, 1.165) is 19.6 Å². The predicted molar refractivity (Wildman–Crippen MR) is 72.4 cm³/mol. The Hall–Kier alpha value is -2.14. The van der Waals surface area contributed by atoms with E-state index in [0.29, 0.717) is 18.7 Å². The van der Waals surface area contributed by atoms with Gasteiger partial charge in [0.05, 0.1) is 38.7 Å². The first kappa shape index (κ1) is 14.3. The largest absolute Gasteiger partial charge is 0.545 e. The highest BCUT2D eigenvalue weighted by Gasteiger charge is 2.23. The van der Waals surface area contributed by atoms with Crippen LogP contribution < -0.4 is 10.0 Å². The fourth-order valence-corrected chi connectivity index (χ4v) is 2.37. The first-order valence-corrected chi connectivity index (χ1v) is 6.67. The number of hydrogen-bond donors (Lipinski definition) is 1. The van der Waals surface area contributed by atoms with Gasteiger partial charge in [-0.05, 0) is 23.8 Å². The summed E-state index contributed by atoms with van der Waals surface area (Å²) in [5.74, 6) is -1.28. The topological polar surface area (TPSA) is 64.9 Å². The van der Waals surface area contributed by atoms with Crippen LogP contribution in [0.4, 0.5) is 0 Å². The molecule has 1 amide bonds. The van der Waals surface area contributed by atoms with E-state index in [4.69, 9.17) is 0 Å². The van der Waals surface area contributed by atoms with Crippen LogP contribution in [0.2, 0.25) is 0 Å². The molecule has 0 bridgehead atoms. The molecule has 2 rings (SSSR count). The summed E-state index contributed by atoms with van der Waals surface area (Å²) in [6.07, 6.45) is 1.89. The summed E-state index contributed by atoms with van der Waals surface area (Å²) in [6, 6.07) is 5.89. The van der Waals surface area contributed by atoms with Gasteiger partial charge in [0.1, 0.15) is 0 Å². The molecule has 0 aromatic heterocycles. The number of piperazine rings is 1. The second-order valence-electron chi connectivity index (χ2n) is 4.90. The maximum Gasteiger partial charge on any atom is 0.254 e. The molecule has 1 aliphatic heterocycles. The minimum absolute atomic E-state index is 0.0486. The molecular weight excluding hydrogens is 256 g/mol. The molecule has 0 saturated carbocycles. The van der Waals surface area contributed by atoms with Crippen LogP contribution >= 0.6 is 0 Å². The number of carbonyl (C=O) groups is 2. The van der Waals surface area contributed by atoms with Crippen LogP contribution in [0, 0.1) is 0 Å². The van der Waals surface area contributed by atoms with Gasteiger partial charge in [-0.3, -0.25) is 4.79 Å². The lowest BCUT2D eigenvalue weighted by Gasteiger charge is -2.31. The van der Waals surface area contributed by atoms with E-state index in [1.165, 1.54) is 29.2 Å². The van der Waals surface area contributed by atoms with E-state index >= 15 is 0 Å². The van der Waals surface area contributed by atoms with E-state index in [2.05, 4.69) is 6.58 Å². The van der Waals surface area contributed by atoms with Crippen LogP contribution in [0.25, 0.3) is 0 Å². The standard InChI is InChI=1S/C15H18N2O3/c1-2-7-16-8-10-17(11-9-16)14(18)12-3-5-13(6-4-12)15(19)20/h2-6H,1,7-11H2,(H,19,20). The predicted octanol–water partition coefficient (Wildman–Crippen LogP) is -1.42. The highest BCUT2D eigenvalue weighted by molar-refractivity contribution is 5.95. The monoisotopic (exact) mass is 274 g/mol. The van der Waals surface area contributed by atoms with Crippen LogP contribution in [0.3, 0.4) is 0 Å². The number of hydrogen-bond acceptors (Lipinski definition) is 3. The molecule has 0 unspecified atom stereocenters. The van der Waals surface area contributed by atoms with Crippen molar-refractivity contribution in [2.75, 3.05) is 32.7 Å². The number of carboxylic acid groups (broad SMARTS) is 1. The summed E-state index contributed by atoms with van der Waals surface area (Å²) in [6.45, 7) is 7.89. The third-order valence-corrected chi connectivity index (χ3v) is 3.56. The number of carboxylic acids is 1. The van der Waals surface area contributed by atoms with E-state index in [1.54, 1.807) is 4.90 Å². The summed E-state index contributed by atoms with van der Waals surface area (Å²) in [5, 5.41) is 10.7. The lowest BCUT2D eigenvalue weighted by Crippen LogP contribution is -3.14. The molecule has 1 aromatic rings. The molecule has 1 heterocycles. The Balaban J connectivity index is 1.98. The molecule has 0 atom stereocenters. The Morgan fingerprint density at radius 2 is 1.75 bits per heavy atom. The molecule has 0 aliphatic carbocycles. The van der Waals surface area contributed by atoms with Gasteiger partial charge in [0.2, 0.25) is 0 Å². The zero-order chi connectivity index (χ0) is 14.5. The van der Waals surface area contributed by atoms with E-state index in [-0.39, 0.29) is 11.5 Å². The van der Waals surface area contributed by atoms with Crippen molar-refractivity contribution in [3.63, 3.8) is 0 Å². The second-order valence-corrected chi connectivity index (χ2v) is 4.90. The number of nitrogens with zero attached hydrogens (tertiary/aromatic N) is 1. The van der Waals surface area contributed by atoms with Crippen LogP contribution in [-0.4, -0.2) is 49.5 Å². The summed E-state index contributed by atoms with van der Waals surface area (Å²) < 4.78 is 0. The molecule has 106 valence electrons. The van der Waals surface area contributed by atoms with Crippen LogP contribution in [0.15, 0.2) is 36.9 Å². The number of amides is 1. The summed E-state index contributed by atoms with van der Waals surface area (Å²) in [7, 11) is 0. The van der Waals surface area contributed by atoms with Crippen molar-refractivity contribution in [1.82, 2.24) is 4.90 Å². The minimum atomic E-state index is -1.23. The van der Waals surface area contributed by atoms with Crippen molar-refractivity contribution in [3.8, 4) is 0 Å². The number of quaternary nitrogens is 1. The van der Waals surface area contributed by atoms with Crippen molar-refractivity contribution in [3.05, 3.63) is 48.0 Å². The van der Waals surface area contributed by atoms with Gasteiger partial charge in [0.15, 0.2) is 0 Å². The molecule has 20 heavy (non-hydrogen) atoms. The second kappa shape index (κ2) is 6.34. The molecule has 1 aromatic carbocycles. The highest BCUT2D eigenvalue weighted by atomic mass is 16.4. The van der Waals surface area contributed by atoms with Crippen LogP contribution in [0.1, 0.15) is 20.7 Å². The molecule has 0 radical (unpaired) electrons. The first-order valence-electron chi connectivity index (χ1n) is 6.67. The number of rotatable bonds is 4. The SMILES string of the molecule is C=CC[NH+]1CCN(C(=O)c2ccc(C(=O)[O-])cc2)CC1. The van der Waals surface area contributed by atoms with Gasteiger partial charge in [-0.25, -0.2) is 0 Å². The van der Waals surface area contributed by atoms with Crippen LogP contribution in [-0.2, 0) is 0 Å². The Kier molecular flexibility index (Phi) is 4.53. The Morgan fingerprint density at radius 3 is 2.25 bits per heavy atom. The lowest BCUT2D eigenvalue weighted by atomic mass is 10.1. The van der Waals surface area contributed by atoms with Crippen molar-refractivity contribution in [2.24, 2.45) is 0 Å². The third kappa shape index (κ3) is 3.24. The average Bonchev–Trinajstić information content (AvgIpc) is 2.48. The molecule has 1 saturated heterocycles. The van der Waals surface area contributed by atoms with Crippen LogP contribution in [0.5, 0.6) is 0 Å². The third-order valence-electron chi connectivity index (χ3n) is 3.56. The smallest absolute Gasteiger partial charge is 0.254 e. The highest BCUT2D eigenvalue weighted by Crippen LogP contribution is 2.07. The van der Waals surface area contributed by atoms with Crippen molar-refractivity contribution < 1.29 is 19.6 Å². The zero-order valence-corrected chi connectivity index (χ0v) is 11.3. The lowest BCUT2D eigenvalue weighted by molar-refractivity contribution is -0.898. The van der Waals surface area contributed by atoms with Crippen molar-refractivity contribution >= 4 is 11.9 Å². The van der Waals surface area contributed by atoms with Gasteiger partial charge in [-0.1, -0.05) is 18.7 Å². The quantitative estimate of drug-likeness (QED) is 0.685. The van der Waals surface area contributed by atoms with Crippen molar-refractivity contribution in [2.45, 2.75) is 0 Å². The maximum absolute atomic E-state index is 12.3. The van der Waals surface area contributed by atoms with Gasteiger partial charge in [-0.2, -0.15) is 0 Å². The Morgan fingerprint density at radius 1 is 1.20 bits per heavy atom. The molecule has 5 nitrogen and oxygen atoms in total. The summed E-state index contributed by atoms with van der Waals surface area (Å²) >= 11 is 0. The Labute approximate surface area is 118 Å². The number of aromatic carboxylic acids is 1. The molecule has 1 aliphatic rings. The maximum atomic E-state index is 12.3. The zero-order valence-electron chi connectivity index (χ0n) is 11.3. The van der Waals surface area contributed by atoms with E-state index < -0.39 is 5.97 Å². The number of nitrogens with one attached hydrogen (secondary N) is 1. The van der Waals surface area contributed by atoms with Crippen molar-refractivity contribution in [1.29, 1.82) is 0 Å². The molecule has 1 N–H and O–H groups in total. The van der Waals surface area contributed by atoms with Gasteiger partial charge < -0.3 is 19.7 Å².